The van der Waals surface area contributed by atoms with E-state index in [9.17, 15) is 24.3 Å². The van der Waals surface area contributed by atoms with Gasteiger partial charge < -0.3 is 29.3 Å². The summed E-state index contributed by atoms with van der Waals surface area (Å²) in [7, 11) is -0.813. The van der Waals surface area contributed by atoms with E-state index >= 15 is 0 Å². The van der Waals surface area contributed by atoms with Crippen molar-refractivity contribution in [3.05, 3.63) is 0 Å². The van der Waals surface area contributed by atoms with Gasteiger partial charge in [-0.3, -0.25) is 4.57 Å². The molecule has 96 valence electrons. The highest BCUT2D eigenvalue weighted by molar-refractivity contribution is 7.54. The summed E-state index contributed by atoms with van der Waals surface area (Å²) in [4.78, 5) is 29.6. The summed E-state index contributed by atoms with van der Waals surface area (Å²) >= 11 is 0. The molecule has 0 amide bonds. The van der Waals surface area contributed by atoms with Crippen LogP contribution in [0.1, 0.15) is 12.8 Å². The number of carboxylic acids is 1. The van der Waals surface area contributed by atoms with Gasteiger partial charge in [-0.1, -0.05) is 0 Å². The summed E-state index contributed by atoms with van der Waals surface area (Å²) in [6.45, 7) is -0.338. The van der Waals surface area contributed by atoms with E-state index in [1.165, 1.54) is 21.1 Å². The van der Waals surface area contributed by atoms with Crippen molar-refractivity contribution >= 4 is 13.6 Å². The number of carboxylic acid groups (broad SMARTS) is 1. The van der Waals surface area contributed by atoms with Crippen molar-refractivity contribution in [1.29, 1.82) is 0 Å². The molecule has 0 aliphatic rings. The molecule has 0 aromatic heterocycles. The molecule has 0 spiro atoms. The molecule has 0 aromatic carbocycles. The number of likely N-dealkylation sites (N-methyl/N-ethyl adjacent to an activating group) is 1. The Kier molecular flexibility index (Phi) is 4.67. The molecule has 0 aliphatic carbocycles. The van der Waals surface area contributed by atoms with Crippen LogP contribution in [0.3, 0.4) is 0 Å². The molecule has 16 heavy (non-hydrogen) atoms. The van der Waals surface area contributed by atoms with Crippen LogP contribution < -0.4 is 5.11 Å². The zero-order chi connectivity index (χ0) is 13.2. The highest BCUT2D eigenvalue weighted by Gasteiger charge is 2.58. The third-order valence-electron chi connectivity index (χ3n) is 2.60. The Labute approximate surface area is 94.1 Å². The molecule has 7 nitrogen and oxygen atoms in total. The second-order valence-corrected chi connectivity index (χ2v) is 6.32. The third-order valence-corrected chi connectivity index (χ3v) is 4.57. The van der Waals surface area contributed by atoms with Gasteiger partial charge in [-0.05, 0) is 6.42 Å². The Morgan fingerprint density at radius 1 is 1.38 bits per heavy atom. The van der Waals surface area contributed by atoms with Crippen molar-refractivity contribution in [3.63, 3.8) is 0 Å². The van der Waals surface area contributed by atoms with Gasteiger partial charge in [0, 0.05) is 13.0 Å². The van der Waals surface area contributed by atoms with Crippen LogP contribution in [0, 0.1) is 0 Å². The van der Waals surface area contributed by atoms with E-state index in [2.05, 4.69) is 0 Å². The molecule has 0 aliphatic heterocycles. The van der Waals surface area contributed by atoms with Crippen LogP contribution in [-0.2, 0) is 9.36 Å². The monoisotopic (exact) mass is 255 g/mol. The third kappa shape index (κ3) is 2.61. The summed E-state index contributed by atoms with van der Waals surface area (Å²) in [5.74, 6) is -1.80. The van der Waals surface area contributed by atoms with E-state index < -0.39 is 23.3 Å². The van der Waals surface area contributed by atoms with E-state index in [-0.39, 0.29) is 19.4 Å². The molecule has 1 unspecified atom stereocenters. The Hall–Kier alpha value is -0.460. The van der Waals surface area contributed by atoms with Crippen LogP contribution in [0.5, 0.6) is 0 Å². The molecule has 0 heterocycles. The number of hydrogen-bond donors (Lipinski definition) is 3. The number of quaternary nitrogens is 1. The van der Waals surface area contributed by atoms with Crippen LogP contribution in [0.4, 0.5) is 0 Å². The average molecular weight is 255 g/mol. The molecule has 0 bridgehead atoms. The molecule has 0 rings (SSSR count). The number of aliphatic hydroxyl groups is 1. The number of hydrogen-bond acceptors (Lipinski definition) is 4. The van der Waals surface area contributed by atoms with Gasteiger partial charge in [-0.2, -0.15) is 0 Å². The van der Waals surface area contributed by atoms with Crippen LogP contribution in [0.25, 0.3) is 0 Å². The summed E-state index contributed by atoms with van der Waals surface area (Å²) in [5, 5.41) is 17.5. The lowest BCUT2D eigenvalue weighted by molar-refractivity contribution is -0.902. The maximum absolute atomic E-state index is 11.4. The van der Waals surface area contributed by atoms with Gasteiger partial charge in [-0.25, -0.2) is 0 Å². The van der Waals surface area contributed by atoms with Crippen LogP contribution >= 0.6 is 7.60 Å². The highest BCUT2D eigenvalue weighted by Crippen LogP contribution is 2.56. The van der Waals surface area contributed by atoms with Gasteiger partial charge in [0.25, 0.3) is 0 Å². The van der Waals surface area contributed by atoms with E-state index in [0.29, 0.717) is 0 Å². The van der Waals surface area contributed by atoms with Gasteiger partial charge in [0.15, 0.2) is 0 Å². The van der Waals surface area contributed by atoms with E-state index in [0.717, 1.165) is 0 Å². The van der Waals surface area contributed by atoms with Gasteiger partial charge in [0.05, 0.1) is 21.1 Å². The highest BCUT2D eigenvalue weighted by atomic mass is 31.2. The molecular weight excluding hydrogens is 237 g/mol. The first-order valence-corrected chi connectivity index (χ1v) is 6.31. The number of aliphatic hydroxyl groups excluding tert-OH is 1. The topological polar surface area (TPSA) is 118 Å². The molecular formula is C8H18NO6P. The predicted molar refractivity (Wildman–Crippen MR) is 54.1 cm³/mol. The lowest BCUT2D eigenvalue weighted by Crippen LogP contribution is -2.65. The molecule has 1 atom stereocenters. The van der Waals surface area contributed by atoms with Crippen molar-refractivity contribution in [2.45, 2.75) is 18.1 Å². The zero-order valence-corrected chi connectivity index (χ0v) is 10.5. The lowest BCUT2D eigenvalue weighted by Gasteiger charge is -2.46. The number of carbonyl (C=O) groups excluding carboxylic acids is 1. The predicted octanol–water partition coefficient (Wildman–Crippen LogP) is -1.91. The van der Waals surface area contributed by atoms with Crippen LogP contribution in [0.2, 0.25) is 0 Å². The second-order valence-electron chi connectivity index (χ2n) is 4.49. The first-order valence-electron chi connectivity index (χ1n) is 4.70. The fraction of sp³-hybridized carbons (Fsp3) is 0.875. The minimum atomic E-state index is -4.92. The van der Waals surface area contributed by atoms with Crippen molar-refractivity contribution in [3.8, 4) is 0 Å². The fourth-order valence-corrected chi connectivity index (χ4v) is 3.16. The van der Waals surface area contributed by atoms with Crippen molar-refractivity contribution < 1.29 is 33.8 Å². The molecule has 0 saturated heterocycles. The van der Waals surface area contributed by atoms with E-state index in [1.807, 2.05) is 0 Å². The number of carbonyl (C=O) groups is 1. The van der Waals surface area contributed by atoms with Crippen LogP contribution in [0.15, 0.2) is 0 Å². The van der Waals surface area contributed by atoms with Gasteiger partial charge >= 0.3 is 7.60 Å². The molecule has 0 fully saturated rings. The molecule has 0 aromatic rings. The summed E-state index contributed by atoms with van der Waals surface area (Å²) in [6, 6.07) is 0. The summed E-state index contributed by atoms with van der Waals surface area (Å²) in [5.41, 5.74) is 0. The molecule has 8 heteroatoms. The quantitative estimate of drug-likeness (QED) is 0.376. The Morgan fingerprint density at radius 3 is 2.00 bits per heavy atom. The average Bonchev–Trinajstić information content (AvgIpc) is 1.99. The maximum Gasteiger partial charge on any atom is 0.391 e. The first kappa shape index (κ1) is 15.5. The second kappa shape index (κ2) is 4.81. The summed E-state index contributed by atoms with van der Waals surface area (Å²) in [6.07, 6.45) is -0.367. The van der Waals surface area contributed by atoms with Crippen molar-refractivity contribution in [2.24, 2.45) is 0 Å². The Balaban J connectivity index is 5.62. The smallest absolute Gasteiger partial charge is 0.391 e. The fourth-order valence-electron chi connectivity index (χ4n) is 1.69. The standard InChI is InChI=1S/C8H18NO6P/c1-9(2,3)8(7(11)12,5-4-6-10)16(13,14)15/h10H,4-6H2,1-3H3,(H2-,11,12,13,14,15). The minimum absolute atomic E-state index is 0.0192. The zero-order valence-electron chi connectivity index (χ0n) is 9.58. The first-order chi connectivity index (χ1) is 7.00. The van der Waals surface area contributed by atoms with Crippen molar-refractivity contribution in [2.75, 3.05) is 27.7 Å². The van der Waals surface area contributed by atoms with Crippen LogP contribution in [-0.4, -0.2) is 58.4 Å². The largest absolute Gasteiger partial charge is 0.543 e. The number of rotatable bonds is 6. The maximum atomic E-state index is 11.4. The SMILES string of the molecule is C[N+](C)(C)C(CCCO)(C(=O)[O-])P(=O)(O)O. The molecule has 3 N–H and O–H groups in total. The van der Waals surface area contributed by atoms with Gasteiger partial charge in [-0.15, -0.1) is 0 Å². The van der Waals surface area contributed by atoms with Gasteiger partial charge in [0.1, 0.15) is 5.97 Å². The number of nitrogens with zero attached hydrogens (tertiary/aromatic N) is 1. The summed E-state index contributed by atoms with van der Waals surface area (Å²) < 4.78 is 11.0. The minimum Gasteiger partial charge on any atom is -0.543 e. The molecule has 0 radical (unpaired) electrons. The van der Waals surface area contributed by atoms with Crippen molar-refractivity contribution in [1.82, 2.24) is 0 Å². The molecule has 0 saturated carbocycles. The van der Waals surface area contributed by atoms with Gasteiger partial charge in [0.2, 0.25) is 5.28 Å². The van der Waals surface area contributed by atoms with E-state index in [4.69, 9.17) is 5.11 Å². The normalized spacial score (nSPS) is 16.9. The lowest BCUT2D eigenvalue weighted by atomic mass is 10.1. The Morgan fingerprint density at radius 2 is 1.81 bits per heavy atom. The Bertz CT molecular complexity index is 306. The van der Waals surface area contributed by atoms with E-state index in [1.54, 1.807) is 0 Å². The number of aliphatic carboxylic acids is 1.